The van der Waals surface area contributed by atoms with Crippen molar-refractivity contribution in [2.75, 3.05) is 26.2 Å². The van der Waals surface area contributed by atoms with Crippen molar-refractivity contribution in [2.45, 2.75) is 44.7 Å². The molecule has 0 amide bonds. The first-order valence-electron chi connectivity index (χ1n) is 9.19. The summed E-state index contributed by atoms with van der Waals surface area (Å²) in [5.74, 6) is 1.98. The maximum Gasteiger partial charge on any atom is 0.243 e. The third-order valence-electron chi connectivity index (χ3n) is 5.56. The molecule has 0 radical (unpaired) electrons. The van der Waals surface area contributed by atoms with Crippen LogP contribution in [0, 0.1) is 5.82 Å². The molecule has 1 saturated heterocycles. The number of piperazine rings is 1. The van der Waals surface area contributed by atoms with E-state index < -0.39 is 0 Å². The molecule has 0 spiro atoms. The molecule has 1 saturated carbocycles. The molecule has 2 atom stereocenters. The first kappa shape index (κ1) is 16.7. The lowest BCUT2D eigenvalue weighted by molar-refractivity contribution is 0.0669. The molecule has 1 aliphatic heterocycles. The summed E-state index contributed by atoms with van der Waals surface area (Å²) in [6.45, 7) is 7.85. The molecule has 2 fully saturated rings. The van der Waals surface area contributed by atoms with E-state index in [4.69, 9.17) is 4.52 Å². The number of hydrogen-bond acceptors (Lipinski definition) is 5. The Morgan fingerprint density at radius 3 is 2.32 bits per heavy atom. The van der Waals surface area contributed by atoms with Crippen molar-refractivity contribution in [1.29, 1.82) is 0 Å². The van der Waals surface area contributed by atoms with E-state index in [0.717, 1.165) is 43.5 Å². The lowest BCUT2D eigenvalue weighted by Crippen LogP contribution is -2.47. The van der Waals surface area contributed by atoms with Crippen LogP contribution in [0.25, 0.3) is 0 Å². The Labute approximate surface area is 147 Å². The lowest BCUT2D eigenvalue weighted by atomic mass is 10.1. The molecule has 1 aromatic heterocycles. The quantitative estimate of drug-likeness (QED) is 0.830. The summed E-state index contributed by atoms with van der Waals surface area (Å²) in [4.78, 5) is 9.29. The molecule has 5 nitrogen and oxygen atoms in total. The standard InChI is InChI=1S/C19H25FN4O/c1-13(16-5-3-4-6-17(16)20)23-9-11-24(12-10-23)14(2)19-21-18(22-25-19)15-7-8-15/h3-6,13-15H,7-12H2,1-2H3/t13-,14+/m1/s1. The lowest BCUT2D eigenvalue weighted by Gasteiger charge is -2.39. The summed E-state index contributed by atoms with van der Waals surface area (Å²) in [7, 11) is 0. The Hall–Kier alpha value is -1.79. The Morgan fingerprint density at radius 2 is 1.68 bits per heavy atom. The van der Waals surface area contributed by atoms with Gasteiger partial charge in [-0.2, -0.15) is 4.98 Å². The zero-order chi connectivity index (χ0) is 17.4. The molecule has 1 aliphatic carbocycles. The predicted octanol–water partition coefficient (Wildman–Crippen LogP) is 3.53. The zero-order valence-corrected chi connectivity index (χ0v) is 14.9. The highest BCUT2D eigenvalue weighted by molar-refractivity contribution is 5.20. The van der Waals surface area contributed by atoms with Gasteiger partial charge in [0.25, 0.3) is 0 Å². The Kier molecular flexibility index (Phi) is 4.56. The molecule has 0 bridgehead atoms. The van der Waals surface area contributed by atoms with Crippen LogP contribution in [0.2, 0.25) is 0 Å². The van der Waals surface area contributed by atoms with Gasteiger partial charge < -0.3 is 4.52 Å². The maximum atomic E-state index is 14.0. The van der Waals surface area contributed by atoms with Crippen LogP contribution in [0.15, 0.2) is 28.8 Å². The van der Waals surface area contributed by atoms with E-state index in [-0.39, 0.29) is 17.9 Å². The van der Waals surface area contributed by atoms with Gasteiger partial charge in [0, 0.05) is 43.7 Å². The van der Waals surface area contributed by atoms with Crippen LogP contribution in [-0.4, -0.2) is 46.1 Å². The summed E-state index contributed by atoms with van der Waals surface area (Å²) in [5, 5.41) is 4.12. The van der Waals surface area contributed by atoms with Crippen molar-refractivity contribution in [1.82, 2.24) is 19.9 Å². The van der Waals surface area contributed by atoms with Crippen LogP contribution in [0.3, 0.4) is 0 Å². The minimum absolute atomic E-state index is 0.0866. The first-order chi connectivity index (χ1) is 12.1. The molecule has 4 rings (SSSR count). The minimum Gasteiger partial charge on any atom is -0.338 e. The van der Waals surface area contributed by atoms with Gasteiger partial charge in [0.2, 0.25) is 5.89 Å². The van der Waals surface area contributed by atoms with Crippen LogP contribution in [0.5, 0.6) is 0 Å². The van der Waals surface area contributed by atoms with Crippen LogP contribution >= 0.6 is 0 Å². The van der Waals surface area contributed by atoms with Crippen molar-refractivity contribution in [2.24, 2.45) is 0 Å². The number of aromatic nitrogens is 2. The fourth-order valence-corrected chi connectivity index (χ4v) is 3.60. The second kappa shape index (κ2) is 6.84. The number of halogens is 1. The van der Waals surface area contributed by atoms with E-state index in [1.54, 1.807) is 6.07 Å². The molecular weight excluding hydrogens is 319 g/mol. The van der Waals surface area contributed by atoms with Gasteiger partial charge in [-0.15, -0.1) is 0 Å². The van der Waals surface area contributed by atoms with Gasteiger partial charge >= 0.3 is 0 Å². The topological polar surface area (TPSA) is 45.4 Å². The number of nitrogens with zero attached hydrogens (tertiary/aromatic N) is 4. The molecule has 1 aromatic carbocycles. The highest BCUT2D eigenvalue weighted by atomic mass is 19.1. The van der Waals surface area contributed by atoms with Gasteiger partial charge in [0.05, 0.1) is 6.04 Å². The molecular formula is C19H25FN4O. The second-order valence-corrected chi connectivity index (χ2v) is 7.21. The maximum absolute atomic E-state index is 14.0. The summed E-state index contributed by atoms with van der Waals surface area (Å²) < 4.78 is 19.5. The molecule has 0 N–H and O–H groups in total. The van der Waals surface area contributed by atoms with Crippen LogP contribution in [-0.2, 0) is 0 Å². The van der Waals surface area contributed by atoms with E-state index >= 15 is 0 Å². The molecule has 6 heteroatoms. The third-order valence-corrected chi connectivity index (χ3v) is 5.56. The average Bonchev–Trinajstić information content (AvgIpc) is 3.38. The highest BCUT2D eigenvalue weighted by Crippen LogP contribution is 2.38. The SMILES string of the molecule is C[C@H](c1ccccc1F)N1CCN([C@@H](C)c2nc(C3CC3)no2)CC1. The Bertz CT molecular complexity index is 722. The fraction of sp³-hybridized carbons (Fsp3) is 0.579. The molecule has 25 heavy (non-hydrogen) atoms. The first-order valence-corrected chi connectivity index (χ1v) is 9.19. The Morgan fingerprint density at radius 1 is 1.04 bits per heavy atom. The van der Waals surface area contributed by atoms with E-state index in [2.05, 4.69) is 33.8 Å². The monoisotopic (exact) mass is 344 g/mol. The van der Waals surface area contributed by atoms with Crippen molar-refractivity contribution in [3.63, 3.8) is 0 Å². The number of benzene rings is 1. The zero-order valence-electron chi connectivity index (χ0n) is 14.9. The predicted molar refractivity (Wildman–Crippen MR) is 92.6 cm³/mol. The Balaban J connectivity index is 1.36. The van der Waals surface area contributed by atoms with E-state index in [0.29, 0.717) is 5.92 Å². The van der Waals surface area contributed by atoms with Gasteiger partial charge in [0.15, 0.2) is 5.82 Å². The third kappa shape index (κ3) is 3.46. The minimum atomic E-state index is -0.121. The van der Waals surface area contributed by atoms with Gasteiger partial charge in [-0.1, -0.05) is 23.4 Å². The fourth-order valence-electron chi connectivity index (χ4n) is 3.60. The molecule has 134 valence electrons. The summed E-state index contributed by atoms with van der Waals surface area (Å²) in [6, 6.07) is 7.28. The van der Waals surface area contributed by atoms with E-state index in [9.17, 15) is 4.39 Å². The van der Waals surface area contributed by atoms with Gasteiger partial charge in [-0.25, -0.2) is 4.39 Å². The van der Waals surface area contributed by atoms with E-state index in [1.807, 2.05) is 12.1 Å². The molecule has 0 unspecified atom stereocenters. The second-order valence-electron chi connectivity index (χ2n) is 7.21. The van der Waals surface area contributed by atoms with Gasteiger partial charge in [0.1, 0.15) is 5.82 Å². The molecule has 2 heterocycles. The summed E-state index contributed by atoms with van der Waals surface area (Å²) >= 11 is 0. The average molecular weight is 344 g/mol. The molecule has 2 aliphatic rings. The largest absolute Gasteiger partial charge is 0.338 e. The van der Waals surface area contributed by atoms with E-state index in [1.165, 1.54) is 18.9 Å². The smallest absolute Gasteiger partial charge is 0.243 e. The summed E-state index contributed by atoms with van der Waals surface area (Å²) in [5.41, 5.74) is 0.773. The van der Waals surface area contributed by atoms with Crippen LogP contribution < -0.4 is 0 Å². The van der Waals surface area contributed by atoms with Crippen molar-refractivity contribution in [3.8, 4) is 0 Å². The number of hydrogen-bond donors (Lipinski definition) is 0. The molecule has 2 aromatic rings. The van der Waals surface area contributed by atoms with Crippen LogP contribution in [0.4, 0.5) is 4.39 Å². The summed E-state index contributed by atoms with van der Waals surface area (Å²) in [6.07, 6.45) is 2.36. The number of rotatable bonds is 5. The van der Waals surface area contributed by atoms with Gasteiger partial charge in [-0.3, -0.25) is 9.80 Å². The highest BCUT2D eigenvalue weighted by Gasteiger charge is 2.32. The van der Waals surface area contributed by atoms with Crippen molar-refractivity contribution >= 4 is 0 Å². The normalized spacial score (nSPS) is 22.0. The van der Waals surface area contributed by atoms with Crippen LogP contribution in [0.1, 0.15) is 62.0 Å². The van der Waals surface area contributed by atoms with Crippen molar-refractivity contribution in [3.05, 3.63) is 47.4 Å². The van der Waals surface area contributed by atoms with Gasteiger partial charge in [-0.05, 0) is 32.8 Å². The van der Waals surface area contributed by atoms with Crippen molar-refractivity contribution < 1.29 is 8.91 Å².